The highest BCUT2D eigenvalue weighted by Crippen LogP contribution is 2.68. The second-order valence-electron chi connectivity index (χ2n) is 10.5. The number of rotatable bonds is 2. The van der Waals surface area contributed by atoms with E-state index in [0.29, 0.717) is 24.7 Å². The summed E-state index contributed by atoms with van der Waals surface area (Å²) in [6, 6.07) is 0. The Morgan fingerprint density at radius 3 is 2.77 bits per heavy atom. The van der Waals surface area contributed by atoms with E-state index in [2.05, 4.69) is 19.9 Å². The Hall–Kier alpha value is -1.91. The van der Waals surface area contributed by atoms with Crippen molar-refractivity contribution in [3.05, 3.63) is 23.3 Å². The van der Waals surface area contributed by atoms with E-state index < -0.39 is 23.5 Å². The fraction of sp³-hybridized carbons (Fsp3) is 0.720. The van der Waals surface area contributed by atoms with E-state index in [9.17, 15) is 14.4 Å². The maximum Gasteiger partial charge on any atom is 0.321 e. The minimum atomic E-state index is -0.784. The average Bonchev–Trinajstić information content (AvgIpc) is 3.20. The van der Waals surface area contributed by atoms with E-state index in [1.165, 1.54) is 11.1 Å². The van der Waals surface area contributed by atoms with Crippen LogP contribution in [0, 0.1) is 28.6 Å². The first-order valence-electron chi connectivity index (χ1n) is 11.6. The zero-order valence-electron chi connectivity index (χ0n) is 18.3. The third-order valence-corrected chi connectivity index (χ3v) is 9.31. The lowest BCUT2D eigenvalue weighted by Gasteiger charge is -2.54. The number of ether oxygens (including phenoxy) is 2. The van der Waals surface area contributed by atoms with Crippen LogP contribution in [0.25, 0.3) is 0 Å². The van der Waals surface area contributed by atoms with Gasteiger partial charge in [0.1, 0.15) is 5.60 Å². The van der Waals surface area contributed by atoms with Gasteiger partial charge in [-0.25, -0.2) is 0 Å². The molecule has 5 nitrogen and oxygen atoms in total. The fourth-order valence-electron chi connectivity index (χ4n) is 7.59. The van der Waals surface area contributed by atoms with Gasteiger partial charge in [-0.2, -0.15) is 0 Å². The summed E-state index contributed by atoms with van der Waals surface area (Å²) in [5, 5.41) is 0. The zero-order chi connectivity index (χ0) is 21.3. The van der Waals surface area contributed by atoms with Crippen LogP contribution in [0.3, 0.4) is 0 Å². The number of esters is 2. The van der Waals surface area contributed by atoms with Gasteiger partial charge in [0.15, 0.2) is 11.7 Å². The Kier molecular flexibility index (Phi) is 4.37. The maximum atomic E-state index is 12.6. The second-order valence-corrected chi connectivity index (χ2v) is 10.5. The number of fused-ring (bicyclic) bond motifs is 6. The third kappa shape index (κ3) is 2.50. The number of carbonyl (C=O) groups is 3. The van der Waals surface area contributed by atoms with Gasteiger partial charge in [0.2, 0.25) is 0 Å². The van der Waals surface area contributed by atoms with Crippen LogP contribution in [-0.4, -0.2) is 29.9 Å². The fourth-order valence-corrected chi connectivity index (χ4v) is 7.59. The quantitative estimate of drug-likeness (QED) is 0.384. The molecular weight excluding hydrogens is 380 g/mol. The van der Waals surface area contributed by atoms with Gasteiger partial charge in [-0.15, -0.1) is 0 Å². The van der Waals surface area contributed by atoms with E-state index in [4.69, 9.17) is 9.47 Å². The molecule has 0 aromatic heterocycles. The van der Waals surface area contributed by atoms with Gasteiger partial charge in [-0.3, -0.25) is 14.4 Å². The molecule has 4 aliphatic carbocycles. The first-order valence-corrected chi connectivity index (χ1v) is 11.6. The van der Waals surface area contributed by atoms with Crippen LogP contribution >= 0.6 is 0 Å². The van der Waals surface area contributed by atoms with Crippen molar-refractivity contribution in [2.75, 3.05) is 6.61 Å². The van der Waals surface area contributed by atoms with Crippen molar-refractivity contribution >= 4 is 17.7 Å². The molecule has 6 atom stereocenters. The van der Waals surface area contributed by atoms with Gasteiger partial charge in [-0.05, 0) is 63.4 Å². The number of ketones is 1. The highest BCUT2D eigenvalue weighted by Gasteiger charge is 2.68. The van der Waals surface area contributed by atoms with Gasteiger partial charge in [-0.1, -0.05) is 31.1 Å². The molecule has 162 valence electrons. The van der Waals surface area contributed by atoms with Crippen molar-refractivity contribution in [3.63, 3.8) is 0 Å². The molecule has 5 rings (SSSR count). The van der Waals surface area contributed by atoms with Crippen molar-refractivity contribution in [3.8, 4) is 0 Å². The topological polar surface area (TPSA) is 69.7 Å². The maximum absolute atomic E-state index is 12.6. The van der Waals surface area contributed by atoms with E-state index in [1.807, 2.05) is 6.08 Å². The van der Waals surface area contributed by atoms with Crippen LogP contribution in [-0.2, 0) is 23.9 Å². The zero-order valence-corrected chi connectivity index (χ0v) is 18.3. The molecule has 5 aliphatic rings. The van der Waals surface area contributed by atoms with Crippen LogP contribution in [0.1, 0.15) is 72.1 Å². The highest BCUT2D eigenvalue weighted by atomic mass is 16.6. The number of hydrogen-bond donors (Lipinski definition) is 0. The Labute approximate surface area is 178 Å². The summed E-state index contributed by atoms with van der Waals surface area (Å²) in [7, 11) is 0. The molecule has 0 bridgehead atoms. The summed E-state index contributed by atoms with van der Waals surface area (Å²) in [5.41, 5.74) is 2.12. The molecule has 1 saturated heterocycles. The predicted molar refractivity (Wildman–Crippen MR) is 110 cm³/mol. The molecule has 1 heterocycles. The molecule has 1 spiro atoms. The molecule has 0 aromatic rings. The summed E-state index contributed by atoms with van der Waals surface area (Å²) in [6.45, 7) is 6.64. The van der Waals surface area contributed by atoms with Gasteiger partial charge in [0.05, 0.1) is 6.61 Å². The van der Waals surface area contributed by atoms with Crippen LogP contribution in [0.2, 0.25) is 0 Å². The summed E-state index contributed by atoms with van der Waals surface area (Å²) in [6.07, 6.45) is 11.1. The smallest absolute Gasteiger partial charge is 0.321 e. The molecule has 1 aliphatic heterocycles. The molecule has 5 unspecified atom stereocenters. The van der Waals surface area contributed by atoms with Crippen molar-refractivity contribution in [1.29, 1.82) is 0 Å². The SMILES string of the molecule is CCOC(=O)C1C[C@@]2(CCC3C4CCC5=CC(=O)CCC5(C)C4=CCC32C)OC1=O. The highest BCUT2D eigenvalue weighted by molar-refractivity contribution is 5.96. The van der Waals surface area contributed by atoms with Gasteiger partial charge < -0.3 is 9.47 Å². The van der Waals surface area contributed by atoms with Crippen molar-refractivity contribution < 1.29 is 23.9 Å². The van der Waals surface area contributed by atoms with E-state index in [0.717, 1.165) is 38.5 Å². The van der Waals surface area contributed by atoms with Crippen LogP contribution in [0.15, 0.2) is 23.3 Å². The monoisotopic (exact) mass is 412 g/mol. The van der Waals surface area contributed by atoms with E-state index in [-0.39, 0.29) is 23.2 Å². The number of carbonyl (C=O) groups excluding carboxylic acids is 3. The van der Waals surface area contributed by atoms with E-state index in [1.54, 1.807) is 6.92 Å². The van der Waals surface area contributed by atoms with Gasteiger partial charge in [0, 0.05) is 23.7 Å². The lowest BCUT2D eigenvalue weighted by molar-refractivity contribution is -0.164. The lowest BCUT2D eigenvalue weighted by Crippen LogP contribution is -2.50. The Morgan fingerprint density at radius 1 is 1.20 bits per heavy atom. The Morgan fingerprint density at radius 2 is 2.00 bits per heavy atom. The standard InChI is InChI=1S/C25H32O5/c1-4-29-21(27)18-14-25(30-22(18)28)12-9-20-17-6-5-15-13-16(26)7-10-23(15,2)19(17)8-11-24(20,25)3/h8,13,17-18,20H,4-7,9-12,14H2,1-3H3/t17?,18?,20?,23?,24?,25-/m1/s1. The summed E-state index contributed by atoms with van der Waals surface area (Å²) < 4.78 is 11.2. The molecule has 3 fully saturated rings. The Bertz CT molecular complexity index is 884. The second kappa shape index (κ2) is 6.54. The lowest BCUT2D eigenvalue weighted by atomic mass is 9.50. The third-order valence-electron chi connectivity index (χ3n) is 9.31. The van der Waals surface area contributed by atoms with Crippen LogP contribution in [0.4, 0.5) is 0 Å². The van der Waals surface area contributed by atoms with E-state index >= 15 is 0 Å². The molecular formula is C25H32O5. The van der Waals surface area contributed by atoms with Gasteiger partial charge in [0.25, 0.3) is 0 Å². The minimum Gasteiger partial charge on any atom is -0.465 e. The van der Waals surface area contributed by atoms with Crippen molar-refractivity contribution in [2.45, 2.75) is 77.7 Å². The molecule has 2 saturated carbocycles. The molecule has 0 radical (unpaired) electrons. The van der Waals surface area contributed by atoms with Gasteiger partial charge >= 0.3 is 11.9 Å². The van der Waals surface area contributed by atoms with Crippen LogP contribution in [0.5, 0.6) is 0 Å². The van der Waals surface area contributed by atoms with Crippen molar-refractivity contribution in [2.24, 2.45) is 28.6 Å². The van der Waals surface area contributed by atoms with Crippen LogP contribution < -0.4 is 0 Å². The number of allylic oxidation sites excluding steroid dienone is 4. The number of hydrogen-bond acceptors (Lipinski definition) is 5. The summed E-state index contributed by atoms with van der Waals surface area (Å²) in [5.74, 6) is -0.443. The molecule has 0 amide bonds. The molecule has 5 heteroatoms. The average molecular weight is 413 g/mol. The van der Waals surface area contributed by atoms with Crippen molar-refractivity contribution in [1.82, 2.24) is 0 Å². The summed E-state index contributed by atoms with van der Waals surface area (Å²) in [4.78, 5) is 37.0. The first kappa shape index (κ1) is 20.0. The Balaban J connectivity index is 1.48. The minimum absolute atomic E-state index is 0.00767. The normalized spacial score (nSPS) is 44.6. The first-order chi connectivity index (χ1) is 14.2. The summed E-state index contributed by atoms with van der Waals surface area (Å²) >= 11 is 0. The molecule has 0 aromatic carbocycles. The predicted octanol–water partition coefficient (Wildman–Crippen LogP) is 4.30. The largest absolute Gasteiger partial charge is 0.465 e. The molecule has 30 heavy (non-hydrogen) atoms. The molecule has 0 N–H and O–H groups in total.